The number of rotatable bonds is 5. The van der Waals surface area contributed by atoms with Crippen molar-refractivity contribution in [1.29, 1.82) is 0 Å². The van der Waals surface area contributed by atoms with E-state index in [0.29, 0.717) is 0 Å². The van der Waals surface area contributed by atoms with Gasteiger partial charge >= 0.3 is 0 Å². The van der Waals surface area contributed by atoms with Crippen LogP contribution in [-0.2, 0) is 4.79 Å². The van der Waals surface area contributed by atoms with Crippen molar-refractivity contribution >= 4 is 17.7 Å². The monoisotopic (exact) mass is 266 g/mol. The second-order valence-corrected chi connectivity index (χ2v) is 5.65. The number of amides is 1. The van der Waals surface area contributed by atoms with E-state index in [1.807, 2.05) is 39.2 Å². The van der Waals surface area contributed by atoms with E-state index < -0.39 is 6.04 Å². The minimum absolute atomic E-state index is 0.0155. The Bertz CT molecular complexity index is 389. The molecule has 1 amide bonds. The van der Waals surface area contributed by atoms with Crippen molar-refractivity contribution in [3.63, 3.8) is 0 Å². The third-order valence-corrected chi connectivity index (χ3v) is 3.74. The average molecular weight is 266 g/mol. The van der Waals surface area contributed by atoms with Gasteiger partial charge in [0.1, 0.15) is 0 Å². The van der Waals surface area contributed by atoms with E-state index in [9.17, 15) is 4.79 Å². The van der Waals surface area contributed by atoms with Gasteiger partial charge in [0.2, 0.25) is 5.91 Å². The van der Waals surface area contributed by atoms with Gasteiger partial charge in [-0.15, -0.1) is 11.8 Å². The summed E-state index contributed by atoms with van der Waals surface area (Å²) < 4.78 is 0. The van der Waals surface area contributed by atoms with Crippen LogP contribution in [0.25, 0.3) is 0 Å². The third kappa shape index (κ3) is 4.03. The summed E-state index contributed by atoms with van der Waals surface area (Å²) in [4.78, 5) is 13.1. The molecule has 0 saturated carbocycles. The molecule has 0 heterocycles. The van der Waals surface area contributed by atoms with Crippen molar-refractivity contribution in [2.75, 3.05) is 6.26 Å². The largest absolute Gasteiger partial charge is 0.348 e. The van der Waals surface area contributed by atoms with Gasteiger partial charge in [-0.1, -0.05) is 26.0 Å². The molecule has 0 fully saturated rings. The normalized spacial score (nSPS) is 14.3. The van der Waals surface area contributed by atoms with E-state index in [0.717, 1.165) is 5.56 Å². The fraction of sp³-hybridized carbons (Fsp3) is 0.500. The van der Waals surface area contributed by atoms with Gasteiger partial charge in [0, 0.05) is 4.90 Å². The molecule has 0 radical (unpaired) electrons. The Labute approximate surface area is 114 Å². The summed E-state index contributed by atoms with van der Waals surface area (Å²) in [7, 11) is 0. The number of carbonyl (C=O) groups excluding carboxylic acids is 1. The number of hydrogen-bond donors (Lipinski definition) is 2. The summed E-state index contributed by atoms with van der Waals surface area (Å²) in [5, 5.41) is 2.94. The first-order chi connectivity index (χ1) is 8.45. The van der Waals surface area contributed by atoms with Crippen molar-refractivity contribution in [3.05, 3.63) is 29.8 Å². The predicted molar refractivity (Wildman–Crippen MR) is 77.6 cm³/mol. The van der Waals surface area contributed by atoms with Crippen LogP contribution >= 0.6 is 11.8 Å². The minimum atomic E-state index is -0.446. The molecule has 0 aliphatic heterocycles. The standard InChI is InChI=1S/C14H22N2OS/c1-9(2)13(15)14(17)16-10(3)11-5-7-12(18-4)8-6-11/h5-10,13H,15H2,1-4H3,(H,16,17)/t10?,13-/m0/s1. The maximum Gasteiger partial charge on any atom is 0.237 e. The Kier molecular flexibility index (Phi) is 5.69. The molecule has 100 valence electrons. The quantitative estimate of drug-likeness (QED) is 0.805. The second-order valence-electron chi connectivity index (χ2n) is 4.77. The molecular weight excluding hydrogens is 244 g/mol. The summed E-state index contributed by atoms with van der Waals surface area (Å²) in [6.07, 6.45) is 2.04. The maximum atomic E-state index is 11.9. The lowest BCUT2D eigenvalue weighted by Crippen LogP contribution is -2.44. The van der Waals surface area contributed by atoms with E-state index in [2.05, 4.69) is 17.4 Å². The van der Waals surface area contributed by atoms with Crippen molar-refractivity contribution in [2.24, 2.45) is 11.7 Å². The van der Waals surface area contributed by atoms with Gasteiger partial charge in [-0.2, -0.15) is 0 Å². The van der Waals surface area contributed by atoms with Gasteiger partial charge in [0.05, 0.1) is 12.1 Å². The van der Waals surface area contributed by atoms with Crippen LogP contribution in [0.5, 0.6) is 0 Å². The summed E-state index contributed by atoms with van der Waals surface area (Å²) in [5.74, 6) is 0.0579. The van der Waals surface area contributed by atoms with E-state index in [-0.39, 0.29) is 17.9 Å². The molecule has 0 bridgehead atoms. The van der Waals surface area contributed by atoms with Crippen LogP contribution in [0.15, 0.2) is 29.2 Å². The van der Waals surface area contributed by atoms with Crippen LogP contribution in [0, 0.1) is 5.92 Å². The molecular formula is C14H22N2OS. The molecule has 0 saturated heterocycles. The highest BCUT2D eigenvalue weighted by atomic mass is 32.2. The van der Waals surface area contributed by atoms with Crippen LogP contribution in [-0.4, -0.2) is 18.2 Å². The highest BCUT2D eigenvalue weighted by Crippen LogP contribution is 2.19. The summed E-state index contributed by atoms with van der Waals surface area (Å²) >= 11 is 1.70. The first-order valence-corrected chi connectivity index (χ1v) is 7.38. The van der Waals surface area contributed by atoms with E-state index in [1.54, 1.807) is 11.8 Å². The second kappa shape index (κ2) is 6.81. The van der Waals surface area contributed by atoms with Gasteiger partial charge in [-0.3, -0.25) is 4.79 Å². The number of hydrogen-bond acceptors (Lipinski definition) is 3. The number of nitrogens with one attached hydrogen (secondary N) is 1. The third-order valence-electron chi connectivity index (χ3n) is 3.00. The number of nitrogens with two attached hydrogens (primary N) is 1. The summed E-state index contributed by atoms with van der Waals surface area (Å²) in [5.41, 5.74) is 6.91. The number of benzene rings is 1. The summed E-state index contributed by atoms with van der Waals surface area (Å²) in [6, 6.07) is 7.74. The zero-order valence-corrected chi connectivity index (χ0v) is 12.3. The first kappa shape index (κ1) is 15.1. The van der Waals surface area contributed by atoms with Crippen molar-refractivity contribution < 1.29 is 4.79 Å². The average Bonchev–Trinajstić information content (AvgIpc) is 2.37. The van der Waals surface area contributed by atoms with E-state index in [1.165, 1.54) is 4.90 Å². The minimum Gasteiger partial charge on any atom is -0.348 e. The molecule has 0 aliphatic carbocycles. The molecule has 0 aliphatic rings. The Morgan fingerprint density at radius 2 is 1.78 bits per heavy atom. The molecule has 2 atom stereocenters. The molecule has 3 nitrogen and oxygen atoms in total. The summed E-state index contributed by atoms with van der Waals surface area (Å²) in [6.45, 7) is 5.86. The lowest BCUT2D eigenvalue weighted by Gasteiger charge is -2.20. The van der Waals surface area contributed by atoms with E-state index >= 15 is 0 Å². The zero-order chi connectivity index (χ0) is 13.7. The van der Waals surface area contributed by atoms with E-state index in [4.69, 9.17) is 5.73 Å². The molecule has 0 spiro atoms. The van der Waals surface area contributed by atoms with Crippen molar-refractivity contribution in [3.8, 4) is 0 Å². The highest BCUT2D eigenvalue weighted by molar-refractivity contribution is 7.98. The molecule has 4 heteroatoms. The highest BCUT2D eigenvalue weighted by Gasteiger charge is 2.19. The lowest BCUT2D eigenvalue weighted by molar-refractivity contribution is -0.123. The van der Waals surface area contributed by atoms with Gasteiger partial charge in [-0.25, -0.2) is 0 Å². The molecule has 18 heavy (non-hydrogen) atoms. The number of thioether (sulfide) groups is 1. The lowest BCUT2D eigenvalue weighted by atomic mass is 10.0. The van der Waals surface area contributed by atoms with Gasteiger partial charge in [0.15, 0.2) is 0 Å². The zero-order valence-electron chi connectivity index (χ0n) is 11.4. The van der Waals surface area contributed by atoms with Crippen LogP contribution < -0.4 is 11.1 Å². The molecule has 1 aromatic carbocycles. The Morgan fingerprint density at radius 3 is 2.22 bits per heavy atom. The molecule has 1 aromatic rings. The fourth-order valence-corrected chi connectivity index (χ4v) is 2.00. The van der Waals surface area contributed by atoms with Crippen LogP contribution in [0.4, 0.5) is 0 Å². The maximum absolute atomic E-state index is 11.9. The molecule has 3 N–H and O–H groups in total. The SMILES string of the molecule is CSc1ccc(C(C)NC(=O)[C@@H](N)C(C)C)cc1. The molecule has 0 aromatic heterocycles. The van der Waals surface area contributed by atoms with Gasteiger partial charge in [0.25, 0.3) is 0 Å². The van der Waals surface area contributed by atoms with Crippen molar-refractivity contribution in [2.45, 2.75) is 37.8 Å². The molecule has 1 rings (SSSR count). The fourth-order valence-electron chi connectivity index (χ4n) is 1.59. The van der Waals surface area contributed by atoms with Gasteiger partial charge < -0.3 is 11.1 Å². The Balaban J connectivity index is 2.64. The van der Waals surface area contributed by atoms with Gasteiger partial charge in [-0.05, 0) is 36.8 Å². The molecule has 1 unspecified atom stereocenters. The number of carbonyl (C=O) groups is 1. The predicted octanol–water partition coefficient (Wildman–Crippen LogP) is 2.57. The van der Waals surface area contributed by atoms with Crippen LogP contribution in [0.1, 0.15) is 32.4 Å². The topological polar surface area (TPSA) is 55.1 Å². The Hall–Kier alpha value is -1.00. The van der Waals surface area contributed by atoms with Crippen molar-refractivity contribution in [1.82, 2.24) is 5.32 Å². The van der Waals surface area contributed by atoms with Crippen LogP contribution in [0.2, 0.25) is 0 Å². The smallest absolute Gasteiger partial charge is 0.237 e. The first-order valence-electron chi connectivity index (χ1n) is 6.15. The van der Waals surface area contributed by atoms with Crippen LogP contribution in [0.3, 0.4) is 0 Å². The Morgan fingerprint density at radius 1 is 1.22 bits per heavy atom.